The Labute approximate surface area is 107 Å². The van der Waals surface area contributed by atoms with E-state index < -0.39 is 5.91 Å². The normalized spacial score (nSPS) is 20.6. The summed E-state index contributed by atoms with van der Waals surface area (Å²) in [5.74, 6) is 0.147. The van der Waals surface area contributed by atoms with E-state index >= 15 is 0 Å². The largest absolute Gasteiger partial charge is 0.382 e. The summed E-state index contributed by atoms with van der Waals surface area (Å²) in [5.41, 5.74) is 6.51. The highest BCUT2D eigenvalue weighted by Gasteiger charge is 2.19. The van der Waals surface area contributed by atoms with Gasteiger partial charge in [-0.15, -0.1) is 0 Å². The van der Waals surface area contributed by atoms with Gasteiger partial charge in [0, 0.05) is 31.6 Å². The van der Waals surface area contributed by atoms with Crippen molar-refractivity contribution >= 4 is 11.6 Å². The van der Waals surface area contributed by atoms with Crippen LogP contribution in [-0.4, -0.2) is 30.1 Å². The van der Waals surface area contributed by atoms with Crippen molar-refractivity contribution in [2.75, 3.05) is 18.5 Å². The highest BCUT2D eigenvalue weighted by molar-refractivity contribution is 5.98. The maximum Gasteiger partial charge on any atom is 0.252 e. The van der Waals surface area contributed by atoms with Crippen molar-refractivity contribution in [2.45, 2.75) is 25.8 Å². The second-order valence-electron chi connectivity index (χ2n) is 4.80. The van der Waals surface area contributed by atoms with Crippen molar-refractivity contribution in [3.8, 4) is 0 Å². The van der Waals surface area contributed by atoms with Gasteiger partial charge in [-0.1, -0.05) is 0 Å². The number of ether oxygens (including phenoxy) is 1. The van der Waals surface area contributed by atoms with E-state index in [4.69, 9.17) is 10.5 Å². The standard InChI is InChI=1S/C13H19N3O2/c1-9(6-10-3-5-18-8-10)16-12-2-4-15-7-11(12)13(14)17/h2,4,7,9-10H,3,5-6,8H2,1H3,(H2,14,17)(H,15,16). The summed E-state index contributed by atoms with van der Waals surface area (Å²) in [7, 11) is 0. The number of nitrogens with zero attached hydrogens (tertiary/aromatic N) is 1. The third kappa shape index (κ3) is 3.20. The lowest BCUT2D eigenvalue weighted by Crippen LogP contribution is -2.22. The van der Waals surface area contributed by atoms with Crippen LogP contribution in [-0.2, 0) is 4.74 Å². The average molecular weight is 249 g/mol. The lowest BCUT2D eigenvalue weighted by molar-refractivity contribution is 0.100. The number of nitrogens with two attached hydrogens (primary N) is 1. The van der Waals surface area contributed by atoms with Gasteiger partial charge >= 0.3 is 0 Å². The van der Waals surface area contributed by atoms with Crippen LogP contribution in [0.2, 0.25) is 0 Å². The van der Waals surface area contributed by atoms with Crippen LogP contribution in [0.25, 0.3) is 0 Å². The Bertz CT molecular complexity index is 416. The number of carbonyl (C=O) groups excluding carboxylic acids is 1. The van der Waals surface area contributed by atoms with Crippen molar-refractivity contribution in [3.05, 3.63) is 24.0 Å². The molecule has 1 amide bonds. The highest BCUT2D eigenvalue weighted by atomic mass is 16.5. The van der Waals surface area contributed by atoms with E-state index in [1.165, 1.54) is 6.20 Å². The molecule has 0 spiro atoms. The maximum atomic E-state index is 11.3. The molecule has 1 aromatic rings. The van der Waals surface area contributed by atoms with Crippen molar-refractivity contribution in [2.24, 2.45) is 11.7 Å². The van der Waals surface area contributed by atoms with Crippen LogP contribution in [0.4, 0.5) is 5.69 Å². The Kier molecular flexibility index (Phi) is 4.15. The molecule has 2 atom stereocenters. The molecule has 0 aliphatic carbocycles. The maximum absolute atomic E-state index is 11.3. The first kappa shape index (κ1) is 12.8. The van der Waals surface area contributed by atoms with Gasteiger partial charge in [-0.05, 0) is 31.7 Å². The molecule has 1 aliphatic heterocycles. The molecule has 0 aromatic carbocycles. The Morgan fingerprint density at radius 2 is 2.56 bits per heavy atom. The minimum absolute atomic E-state index is 0.275. The van der Waals surface area contributed by atoms with E-state index in [0.29, 0.717) is 11.5 Å². The molecule has 3 N–H and O–H groups in total. The molecule has 5 nitrogen and oxygen atoms in total. The predicted octanol–water partition coefficient (Wildman–Crippen LogP) is 1.41. The van der Waals surface area contributed by atoms with E-state index in [1.54, 1.807) is 12.3 Å². The van der Waals surface area contributed by atoms with Crippen molar-refractivity contribution in [3.63, 3.8) is 0 Å². The quantitative estimate of drug-likeness (QED) is 0.827. The predicted molar refractivity (Wildman–Crippen MR) is 69.4 cm³/mol. The summed E-state index contributed by atoms with van der Waals surface area (Å²) in [6, 6.07) is 2.05. The number of carbonyl (C=O) groups is 1. The Morgan fingerprint density at radius 3 is 3.22 bits per heavy atom. The fourth-order valence-electron chi connectivity index (χ4n) is 2.31. The molecule has 2 unspecified atom stereocenters. The van der Waals surface area contributed by atoms with E-state index in [9.17, 15) is 4.79 Å². The van der Waals surface area contributed by atoms with E-state index in [-0.39, 0.29) is 6.04 Å². The number of hydrogen-bond acceptors (Lipinski definition) is 4. The number of amides is 1. The van der Waals surface area contributed by atoms with Crippen LogP contribution in [0.15, 0.2) is 18.5 Å². The third-order valence-electron chi connectivity index (χ3n) is 3.20. The highest BCUT2D eigenvalue weighted by Crippen LogP contribution is 2.21. The molecule has 18 heavy (non-hydrogen) atoms. The van der Waals surface area contributed by atoms with Gasteiger partial charge in [0.1, 0.15) is 0 Å². The van der Waals surface area contributed by atoms with Gasteiger partial charge in [0.2, 0.25) is 0 Å². The molecule has 1 saturated heterocycles. The molecule has 2 heterocycles. The first-order chi connectivity index (χ1) is 8.66. The fraction of sp³-hybridized carbons (Fsp3) is 0.538. The Hall–Kier alpha value is -1.62. The van der Waals surface area contributed by atoms with Crippen molar-refractivity contribution in [1.82, 2.24) is 4.98 Å². The number of primary amides is 1. The molecule has 0 radical (unpaired) electrons. The summed E-state index contributed by atoms with van der Waals surface area (Å²) in [6.07, 6.45) is 5.29. The third-order valence-corrected chi connectivity index (χ3v) is 3.20. The summed E-state index contributed by atoms with van der Waals surface area (Å²) in [5, 5.41) is 3.32. The van der Waals surface area contributed by atoms with Crippen LogP contribution in [0.5, 0.6) is 0 Å². The van der Waals surface area contributed by atoms with Crippen LogP contribution in [0.3, 0.4) is 0 Å². The summed E-state index contributed by atoms with van der Waals surface area (Å²) in [4.78, 5) is 15.2. The zero-order valence-electron chi connectivity index (χ0n) is 10.6. The van der Waals surface area contributed by atoms with Gasteiger partial charge in [-0.3, -0.25) is 9.78 Å². The number of anilines is 1. The van der Waals surface area contributed by atoms with Gasteiger partial charge in [0.25, 0.3) is 5.91 Å². The zero-order chi connectivity index (χ0) is 13.0. The monoisotopic (exact) mass is 249 g/mol. The van der Waals surface area contributed by atoms with Crippen molar-refractivity contribution < 1.29 is 9.53 Å². The second kappa shape index (κ2) is 5.82. The van der Waals surface area contributed by atoms with Crippen LogP contribution < -0.4 is 11.1 Å². The number of hydrogen-bond donors (Lipinski definition) is 2. The lowest BCUT2D eigenvalue weighted by atomic mass is 10.00. The molecular weight excluding hydrogens is 230 g/mol. The fourth-order valence-corrected chi connectivity index (χ4v) is 2.31. The summed E-state index contributed by atoms with van der Waals surface area (Å²) in [6.45, 7) is 3.80. The van der Waals surface area contributed by atoms with Gasteiger partial charge in [-0.2, -0.15) is 0 Å². The van der Waals surface area contributed by atoms with Gasteiger partial charge in [0.05, 0.1) is 11.3 Å². The molecule has 0 saturated carbocycles. The van der Waals surface area contributed by atoms with Gasteiger partial charge in [-0.25, -0.2) is 0 Å². The second-order valence-corrected chi connectivity index (χ2v) is 4.80. The Morgan fingerprint density at radius 1 is 1.72 bits per heavy atom. The van der Waals surface area contributed by atoms with Crippen LogP contribution in [0, 0.1) is 5.92 Å². The molecule has 1 fully saturated rings. The minimum Gasteiger partial charge on any atom is -0.382 e. The number of pyridine rings is 1. The van der Waals surface area contributed by atoms with E-state index in [2.05, 4.69) is 17.2 Å². The minimum atomic E-state index is -0.456. The molecule has 0 bridgehead atoms. The lowest BCUT2D eigenvalue weighted by Gasteiger charge is -2.19. The van der Waals surface area contributed by atoms with E-state index in [0.717, 1.165) is 31.7 Å². The SMILES string of the molecule is CC(CC1CCOC1)Nc1ccncc1C(N)=O. The molecular formula is C13H19N3O2. The first-order valence-electron chi connectivity index (χ1n) is 6.25. The average Bonchev–Trinajstić information content (AvgIpc) is 2.82. The summed E-state index contributed by atoms with van der Waals surface area (Å²) >= 11 is 0. The molecule has 1 aliphatic rings. The van der Waals surface area contributed by atoms with Crippen LogP contribution in [0.1, 0.15) is 30.1 Å². The number of aromatic nitrogens is 1. The topological polar surface area (TPSA) is 77.2 Å². The molecule has 1 aromatic heterocycles. The smallest absolute Gasteiger partial charge is 0.252 e. The number of rotatable bonds is 5. The molecule has 98 valence electrons. The zero-order valence-corrected chi connectivity index (χ0v) is 10.6. The first-order valence-corrected chi connectivity index (χ1v) is 6.25. The Balaban J connectivity index is 1.97. The molecule has 5 heteroatoms. The number of nitrogens with one attached hydrogen (secondary N) is 1. The van der Waals surface area contributed by atoms with Gasteiger partial charge < -0.3 is 15.8 Å². The van der Waals surface area contributed by atoms with E-state index in [1.807, 2.05) is 0 Å². The van der Waals surface area contributed by atoms with Crippen LogP contribution >= 0.6 is 0 Å². The summed E-state index contributed by atoms with van der Waals surface area (Å²) < 4.78 is 5.36. The van der Waals surface area contributed by atoms with Gasteiger partial charge in [0.15, 0.2) is 0 Å². The van der Waals surface area contributed by atoms with Crippen molar-refractivity contribution in [1.29, 1.82) is 0 Å². The molecule has 2 rings (SSSR count).